The van der Waals surface area contributed by atoms with Gasteiger partial charge in [0.05, 0.1) is 20.9 Å². The molecule has 0 radical (unpaired) electrons. The van der Waals surface area contributed by atoms with Gasteiger partial charge in [-0.3, -0.25) is 4.79 Å². The van der Waals surface area contributed by atoms with Crippen LogP contribution in [0.15, 0.2) is 16.6 Å². The lowest BCUT2D eigenvalue weighted by atomic mass is 10.3. The van der Waals surface area contributed by atoms with Crippen molar-refractivity contribution in [3.05, 3.63) is 28.2 Å². The first-order chi connectivity index (χ1) is 9.95. The number of nitrogens with zero attached hydrogens (tertiary/aromatic N) is 2. The lowest BCUT2D eigenvalue weighted by molar-refractivity contribution is -0.121. The molecule has 0 spiro atoms. The van der Waals surface area contributed by atoms with Gasteiger partial charge in [0.15, 0.2) is 0 Å². The molecule has 1 unspecified atom stereocenters. The van der Waals surface area contributed by atoms with Gasteiger partial charge in [-0.1, -0.05) is 0 Å². The third kappa shape index (κ3) is 3.06. The maximum Gasteiger partial charge on any atom is 0.240 e. The Bertz CT molecular complexity index is 712. The number of halogens is 3. The smallest absolute Gasteiger partial charge is 0.240 e. The van der Waals surface area contributed by atoms with Gasteiger partial charge in [-0.15, -0.1) is 11.6 Å². The van der Waals surface area contributed by atoms with Crippen molar-refractivity contribution in [1.82, 2.24) is 14.9 Å². The Morgan fingerprint density at radius 1 is 1.62 bits per heavy atom. The Kier molecular flexibility index (Phi) is 3.92. The van der Waals surface area contributed by atoms with Gasteiger partial charge in [0.2, 0.25) is 5.91 Å². The molecule has 1 aliphatic rings. The zero-order valence-corrected chi connectivity index (χ0v) is 13.7. The number of fused-ring (bicyclic) bond motifs is 1. The van der Waals surface area contributed by atoms with Gasteiger partial charge in [0.25, 0.3) is 0 Å². The third-order valence-corrected chi connectivity index (χ3v) is 4.22. The topological polar surface area (TPSA) is 46.9 Å². The molecule has 1 atom stereocenters. The minimum Gasteiger partial charge on any atom is -0.352 e. The monoisotopic (exact) mass is 373 g/mol. The predicted molar refractivity (Wildman–Crippen MR) is 82.8 cm³/mol. The van der Waals surface area contributed by atoms with Crippen LogP contribution in [-0.4, -0.2) is 21.5 Å². The number of hydrogen-bond donors (Lipinski definition) is 1. The summed E-state index contributed by atoms with van der Waals surface area (Å²) in [6.07, 6.45) is 2.07. The molecular formula is C14H14BrClFN3O. The van der Waals surface area contributed by atoms with Crippen LogP contribution in [0.25, 0.3) is 11.0 Å². The van der Waals surface area contributed by atoms with Crippen molar-refractivity contribution in [2.24, 2.45) is 0 Å². The van der Waals surface area contributed by atoms with E-state index in [1.807, 2.05) is 0 Å². The molecule has 0 saturated heterocycles. The Balaban J connectivity index is 2.02. The first-order valence-corrected chi connectivity index (χ1v) is 7.97. The molecule has 1 fully saturated rings. The molecule has 1 aromatic heterocycles. The number of imidazole rings is 1. The average Bonchev–Trinajstić information content (AvgIpc) is 3.14. The van der Waals surface area contributed by atoms with Crippen molar-refractivity contribution in [2.45, 2.75) is 37.7 Å². The van der Waals surface area contributed by atoms with E-state index in [4.69, 9.17) is 11.6 Å². The maximum absolute atomic E-state index is 13.6. The molecule has 0 bridgehead atoms. The number of benzene rings is 1. The number of carbonyl (C=O) groups excluding carboxylic acids is 1. The standard InChI is InChI=1S/C14H14BrClFN3O/c1-7(16)14-19-11-5-10(17)9(15)4-12(11)20(14)6-13(21)18-8-2-3-8/h4-5,7-8H,2-3,6H2,1H3,(H,18,21). The van der Waals surface area contributed by atoms with E-state index in [1.165, 1.54) is 6.07 Å². The molecule has 1 amide bonds. The van der Waals surface area contributed by atoms with Crippen LogP contribution in [0.5, 0.6) is 0 Å². The molecule has 112 valence electrons. The highest BCUT2D eigenvalue weighted by Crippen LogP contribution is 2.28. The van der Waals surface area contributed by atoms with Crippen molar-refractivity contribution in [3.8, 4) is 0 Å². The molecule has 2 aromatic rings. The molecule has 1 heterocycles. The number of rotatable bonds is 4. The Morgan fingerprint density at radius 3 is 2.95 bits per heavy atom. The van der Waals surface area contributed by atoms with Crippen LogP contribution in [-0.2, 0) is 11.3 Å². The lowest BCUT2D eigenvalue weighted by Crippen LogP contribution is -2.29. The van der Waals surface area contributed by atoms with Gasteiger partial charge in [-0.05, 0) is 41.8 Å². The molecule has 1 aromatic carbocycles. The summed E-state index contributed by atoms with van der Waals surface area (Å²) in [6, 6.07) is 3.27. The van der Waals surface area contributed by atoms with Crippen molar-refractivity contribution >= 4 is 44.5 Å². The molecule has 4 nitrogen and oxygen atoms in total. The number of nitrogens with one attached hydrogen (secondary N) is 1. The highest BCUT2D eigenvalue weighted by Gasteiger charge is 2.25. The van der Waals surface area contributed by atoms with E-state index in [9.17, 15) is 9.18 Å². The molecular weight excluding hydrogens is 361 g/mol. The average molecular weight is 375 g/mol. The van der Waals surface area contributed by atoms with Gasteiger partial charge >= 0.3 is 0 Å². The second-order valence-electron chi connectivity index (χ2n) is 5.27. The van der Waals surface area contributed by atoms with E-state index in [1.54, 1.807) is 17.6 Å². The Hall–Kier alpha value is -1.14. The van der Waals surface area contributed by atoms with Crippen molar-refractivity contribution in [1.29, 1.82) is 0 Å². The van der Waals surface area contributed by atoms with Crippen molar-refractivity contribution in [3.63, 3.8) is 0 Å². The normalized spacial score (nSPS) is 16.2. The summed E-state index contributed by atoms with van der Waals surface area (Å²) in [5.41, 5.74) is 1.19. The van der Waals surface area contributed by atoms with E-state index in [0.717, 1.165) is 12.8 Å². The summed E-state index contributed by atoms with van der Waals surface area (Å²) in [6.45, 7) is 1.92. The molecule has 7 heteroatoms. The second-order valence-corrected chi connectivity index (χ2v) is 6.78. The number of alkyl halides is 1. The predicted octanol–water partition coefficient (Wildman–Crippen LogP) is 3.52. The van der Waals surface area contributed by atoms with Gasteiger partial charge in [-0.2, -0.15) is 0 Å². The fraction of sp³-hybridized carbons (Fsp3) is 0.429. The molecule has 21 heavy (non-hydrogen) atoms. The van der Waals surface area contributed by atoms with Crippen LogP contribution in [0.2, 0.25) is 0 Å². The van der Waals surface area contributed by atoms with Crippen molar-refractivity contribution in [2.75, 3.05) is 0 Å². The lowest BCUT2D eigenvalue weighted by Gasteiger charge is -2.10. The molecule has 1 N–H and O–H groups in total. The Labute approximate surface area is 134 Å². The summed E-state index contributed by atoms with van der Waals surface area (Å²) >= 11 is 9.30. The summed E-state index contributed by atoms with van der Waals surface area (Å²) in [5, 5.41) is 2.56. The number of hydrogen-bond acceptors (Lipinski definition) is 2. The third-order valence-electron chi connectivity index (χ3n) is 3.42. The summed E-state index contributed by atoms with van der Waals surface area (Å²) < 4.78 is 15.7. The molecule has 0 aliphatic heterocycles. The summed E-state index contributed by atoms with van der Waals surface area (Å²) in [7, 11) is 0. The zero-order valence-electron chi connectivity index (χ0n) is 11.4. The van der Waals surface area contributed by atoms with E-state index >= 15 is 0 Å². The largest absolute Gasteiger partial charge is 0.352 e. The van der Waals surface area contributed by atoms with E-state index in [0.29, 0.717) is 27.4 Å². The Morgan fingerprint density at radius 2 is 2.33 bits per heavy atom. The van der Waals surface area contributed by atoms with Gasteiger partial charge in [0.1, 0.15) is 18.2 Å². The van der Waals surface area contributed by atoms with Crippen LogP contribution in [0.3, 0.4) is 0 Å². The molecule has 1 aliphatic carbocycles. The quantitative estimate of drug-likeness (QED) is 0.833. The van der Waals surface area contributed by atoms with Gasteiger partial charge < -0.3 is 9.88 Å². The van der Waals surface area contributed by atoms with Crippen LogP contribution in [0, 0.1) is 5.82 Å². The first-order valence-electron chi connectivity index (χ1n) is 6.74. The van der Waals surface area contributed by atoms with Gasteiger partial charge in [0, 0.05) is 12.1 Å². The van der Waals surface area contributed by atoms with Gasteiger partial charge in [-0.25, -0.2) is 9.37 Å². The van der Waals surface area contributed by atoms with Crippen LogP contribution in [0.1, 0.15) is 31.0 Å². The van der Waals surface area contributed by atoms with Crippen molar-refractivity contribution < 1.29 is 9.18 Å². The fourth-order valence-corrected chi connectivity index (χ4v) is 2.75. The molecule has 1 saturated carbocycles. The zero-order chi connectivity index (χ0) is 15.1. The minimum absolute atomic E-state index is 0.0733. The van der Waals surface area contributed by atoms with E-state index in [-0.39, 0.29) is 23.6 Å². The second kappa shape index (κ2) is 5.57. The summed E-state index contributed by atoms with van der Waals surface area (Å²) in [4.78, 5) is 16.4. The highest BCUT2D eigenvalue weighted by molar-refractivity contribution is 9.10. The van der Waals surface area contributed by atoms with Crippen LogP contribution >= 0.6 is 27.5 Å². The SMILES string of the molecule is CC(Cl)c1nc2cc(F)c(Br)cc2n1CC(=O)NC1CC1. The van der Waals surface area contributed by atoms with E-state index < -0.39 is 0 Å². The number of aromatic nitrogens is 2. The number of carbonyl (C=O) groups is 1. The fourth-order valence-electron chi connectivity index (χ4n) is 2.25. The highest BCUT2D eigenvalue weighted by atomic mass is 79.9. The minimum atomic E-state index is -0.386. The first kappa shape index (κ1) is 14.8. The summed E-state index contributed by atoms with van der Waals surface area (Å²) in [5.74, 6) is 0.106. The maximum atomic E-state index is 13.6. The van der Waals surface area contributed by atoms with Crippen LogP contribution in [0.4, 0.5) is 4.39 Å². The molecule has 3 rings (SSSR count). The van der Waals surface area contributed by atoms with Crippen LogP contribution < -0.4 is 5.32 Å². The van der Waals surface area contributed by atoms with E-state index in [2.05, 4.69) is 26.2 Å². The number of amides is 1.